The lowest BCUT2D eigenvalue weighted by Gasteiger charge is -2.29. The molecular weight excluding hydrogens is 234 g/mol. The van der Waals surface area contributed by atoms with Crippen LogP contribution < -0.4 is 10.1 Å². The van der Waals surface area contributed by atoms with Gasteiger partial charge in [0.15, 0.2) is 0 Å². The number of aryl methyl sites for hydroxylation is 1. The Bertz CT molecular complexity index is 523. The Balaban J connectivity index is 0.00000108. The molecule has 0 aromatic heterocycles. The van der Waals surface area contributed by atoms with Gasteiger partial charge >= 0.3 is 0 Å². The van der Waals surface area contributed by atoms with Crippen molar-refractivity contribution in [2.24, 2.45) is 0 Å². The molecule has 0 spiro atoms. The van der Waals surface area contributed by atoms with Crippen LogP contribution in [-0.2, 0) is 0 Å². The third kappa shape index (κ3) is 2.24. The van der Waals surface area contributed by atoms with E-state index in [4.69, 9.17) is 4.74 Å². The molecule has 1 heterocycles. The highest BCUT2D eigenvalue weighted by Crippen LogP contribution is 2.30. The van der Waals surface area contributed by atoms with E-state index in [2.05, 4.69) is 48.6 Å². The fourth-order valence-electron chi connectivity index (χ4n) is 2.02. The SMILES string of the molecule is Cc1ccc2ccccc2c1OC1CNC1.Cl. The number of hydrogen-bond donors (Lipinski definition) is 1. The second kappa shape index (κ2) is 4.94. The fraction of sp³-hybridized carbons (Fsp3) is 0.286. The summed E-state index contributed by atoms with van der Waals surface area (Å²) in [5, 5.41) is 5.69. The summed E-state index contributed by atoms with van der Waals surface area (Å²) < 4.78 is 6.03. The van der Waals surface area contributed by atoms with Gasteiger partial charge in [-0.15, -0.1) is 12.4 Å². The predicted molar refractivity (Wildman–Crippen MR) is 73.2 cm³/mol. The minimum absolute atomic E-state index is 0. The second-order valence-corrected chi connectivity index (χ2v) is 4.33. The summed E-state index contributed by atoms with van der Waals surface area (Å²) in [7, 11) is 0. The standard InChI is InChI=1S/C14H15NO.ClH/c1-10-6-7-11-4-2-3-5-13(11)14(10)16-12-8-15-9-12;/h2-7,12,15H,8-9H2,1H3;1H. The first-order valence-corrected chi connectivity index (χ1v) is 5.70. The molecule has 1 saturated heterocycles. The quantitative estimate of drug-likeness (QED) is 0.884. The molecular formula is C14H16ClNO. The summed E-state index contributed by atoms with van der Waals surface area (Å²) in [5.74, 6) is 1.05. The molecule has 0 saturated carbocycles. The third-order valence-corrected chi connectivity index (χ3v) is 3.10. The minimum atomic E-state index is 0. The average molecular weight is 250 g/mol. The monoisotopic (exact) mass is 249 g/mol. The molecule has 0 atom stereocenters. The maximum atomic E-state index is 6.03. The van der Waals surface area contributed by atoms with Crippen LogP contribution in [0.15, 0.2) is 36.4 Å². The van der Waals surface area contributed by atoms with E-state index in [-0.39, 0.29) is 12.4 Å². The van der Waals surface area contributed by atoms with Gasteiger partial charge in [0, 0.05) is 18.5 Å². The third-order valence-electron chi connectivity index (χ3n) is 3.10. The van der Waals surface area contributed by atoms with Gasteiger partial charge < -0.3 is 10.1 Å². The van der Waals surface area contributed by atoms with Crippen LogP contribution in [0.25, 0.3) is 10.8 Å². The van der Waals surface area contributed by atoms with Crippen LogP contribution in [0.1, 0.15) is 5.56 Å². The Morgan fingerprint density at radius 1 is 1.12 bits per heavy atom. The van der Waals surface area contributed by atoms with Gasteiger partial charge in [-0.2, -0.15) is 0 Å². The van der Waals surface area contributed by atoms with E-state index in [9.17, 15) is 0 Å². The highest BCUT2D eigenvalue weighted by molar-refractivity contribution is 5.89. The molecule has 2 aromatic carbocycles. The van der Waals surface area contributed by atoms with Gasteiger partial charge in [0.25, 0.3) is 0 Å². The molecule has 0 aliphatic carbocycles. The molecule has 1 N–H and O–H groups in total. The van der Waals surface area contributed by atoms with E-state index in [1.807, 2.05) is 0 Å². The Hall–Kier alpha value is -1.25. The first-order valence-electron chi connectivity index (χ1n) is 5.70. The van der Waals surface area contributed by atoms with Crippen LogP contribution in [0.2, 0.25) is 0 Å². The van der Waals surface area contributed by atoms with E-state index in [1.54, 1.807) is 0 Å². The number of halogens is 1. The van der Waals surface area contributed by atoms with Crippen molar-refractivity contribution in [2.45, 2.75) is 13.0 Å². The molecule has 3 heteroatoms. The van der Waals surface area contributed by atoms with Gasteiger partial charge in [-0.3, -0.25) is 0 Å². The minimum Gasteiger partial charge on any atom is -0.487 e. The summed E-state index contributed by atoms with van der Waals surface area (Å²) in [6, 6.07) is 12.7. The maximum Gasteiger partial charge on any atom is 0.130 e. The number of hydrogen-bond acceptors (Lipinski definition) is 2. The first kappa shape index (κ1) is 12.2. The van der Waals surface area contributed by atoms with Gasteiger partial charge in [-0.1, -0.05) is 36.4 Å². The number of ether oxygens (including phenoxy) is 1. The van der Waals surface area contributed by atoms with Crippen molar-refractivity contribution < 1.29 is 4.74 Å². The van der Waals surface area contributed by atoms with Gasteiger partial charge in [0.1, 0.15) is 11.9 Å². The van der Waals surface area contributed by atoms with Crippen molar-refractivity contribution in [3.63, 3.8) is 0 Å². The van der Waals surface area contributed by atoms with Gasteiger partial charge in [0.2, 0.25) is 0 Å². The molecule has 2 aromatic rings. The van der Waals surface area contributed by atoms with E-state index < -0.39 is 0 Å². The van der Waals surface area contributed by atoms with Crippen LogP contribution >= 0.6 is 12.4 Å². The van der Waals surface area contributed by atoms with Crippen LogP contribution in [0.5, 0.6) is 5.75 Å². The maximum absolute atomic E-state index is 6.03. The average Bonchev–Trinajstić information content (AvgIpc) is 2.25. The molecule has 90 valence electrons. The van der Waals surface area contributed by atoms with E-state index in [0.717, 1.165) is 18.8 Å². The summed E-state index contributed by atoms with van der Waals surface area (Å²) in [4.78, 5) is 0. The van der Waals surface area contributed by atoms with Crippen molar-refractivity contribution in [1.82, 2.24) is 5.32 Å². The van der Waals surface area contributed by atoms with E-state index in [0.29, 0.717) is 6.10 Å². The molecule has 0 bridgehead atoms. The van der Waals surface area contributed by atoms with Crippen LogP contribution in [0.4, 0.5) is 0 Å². The fourth-order valence-corrected chi connectivity index (χ4v) is 2.02. The normalized spacial score (nSPS) is 15.1. The zero-order valence-corrected chi connectivity index (χ0v) is 10.6. The summed E-state index contributed by atoms with van der Waals surface area (Å²) in [6.45, 7) is 4.03. The van der Waals surface area contributed by atoms with Gasteiger partial charge in [-0.05, 0) is 17.9 Å². The Kier molecular flexibility index (Phi) is 3.55. The van der Waals surface area contributed by atoms with Crippen molar-refractivity contribution in [3.8, 4) is 5.75 Å². The summed E-state index contributed by atoms with van der Waals surface area (Å²) >= 11 is 0. The Morgan fingerprint density at radius 2 is 1.88 bits per heavy atom. The van der Waals surface area contributed by atoms with Gasteiger partial charge in [0.05, 0.1) is 0 Å². The molecule has 2 nitrogen and oxygen atoms in total. The molecule has 0 amide bonds. The largest absolute Gasteiger partial charge is 0.487 e. The van der Waals surface area contributed by atoms with Crippen molar-refractivity contribution in [3.05, 3.63) is 42.0 Å². The molecule has 1 aliphatic heterocycles. The molecule has 0 unspecified atom stereocenters. The summed E-state index contributed by atoms with van der Waals surface area (Å²) in [5.41, 5.74) is 1.21. The lowest BCUT2D eigenvalue weighted by atomic mass is 10.1. The zero-order valence-electron chi connectivity index (χ0n) is 9.77. The molecule has 17 heavy (non-hydrogen) atoms. The molecule has 3 rings (SSSR count). The predicted octanol–water partition coefficient (Wildman–Crippen LogP) is 2.92. The highest BCUT2D eigenvalue weighted by atomic mass is 35.5. The van der Waals surface area contributed by atoms with Crippen LogP contribution in [0.3, 0.4) is 0 Å². The lowest BCUT2D eigenvalue weighted by Crippen LogP contribution is -2.50. The zero-order chi connectivity index (χ0) is 11.0. The van der Waals surface area contributed by atoms with Crippen LogP contribution in [0, 0.1) is 6.92 Å². The molecule has 1 fully saturated rings. The number of nitrogens with one attached hydrogen (secondary N) is 1. The Morgan fingerprint density at radius 3 is 2.59 bits per heavy atom. The highest BCUT2D eigenvalue weighted by Gasteiger charge is 2.20. The topological polar surface area (TPSA) is 21.3 Å². The van der Waals surface area contributed by atoms with Gasteiger partial charge in [-0.25, -0.2) is 0 Å². The Labute approximate surface area is 107 Å². The molecule has 1 aliphatic rings. The lowest BCUT2D eigenvalue weighted by molar-refractivity contribution is 0.143. The number of benzene rings is 2. The van der Waals surface area contributed by atoms with Crippen LogP contribution in [-0.4, -0.2) is 19.2 Å². The summed E-state index contributed by atoms with van der Waals surface area (Å²) in [6.07, 6.45) is 0.338. The van der Waals surface area contributed by atoms with E-state index in [1.165, 1.54) is 16.3 Å². The van der Waals surface area contributed by atoms with E-state index >= 15 is 0 Å². The number of rotatable bonds is 2. The number of fused-ring (bicyclic) bond motifs is 1. The van der Waals surface area contributed by atoms with Crippen molar-refractivity contribution >= 4 is 23.2 Å². The smallest absolute Gasteiger partial charge is 0.130 e. The van der Waals surface area contributed by atoms with Crippen molar-refractivity contribution in [1.29, 1.82) is 0 Å². The molecule has 0 radical (unpaired) electrons. The van der Waals surface area contributed by atoms with Crippen molar-refractivity contribution in [2.75, 3.05) is 13.1 Å². The first-order chi connectivity index (χ1) is 7.84. The second-order valence-electron chi connectivity index (χ2n) is 4.33.